The van der Waals surface area contributed by atoms with Gasteiger partial charge in [-0.15, -0.1) is 11.3 Å². The number of rotatable bonds is 8. The number of aromatic nitrogens is 1. The van der Waals surface area contributed by atoms with Crippen molar-refractivity contribution in [3.8, 4) is 16.8 Å². The smallest absolute Gasteiger partial charge is 0.0719 e. The van der Waals surface area contributed by atoms with Crippen LogP contribution < -0.4 is 9.80 Å². The molecule has 0 atom stereocenters. The largest absolute Gasteiger partial charge is 0.311 e. The molecule has 2 heterocycles. The lowest BCUT2D eigenvalue weighted by molar-refractivity contribution is 1.18. The van der Waals surface area contributed by atoms with E-state index >= 15 is 0 Å². The molecule has 0 radical (unpaired) electrons. The van der Waals surface area contributed by atoms with Crippen molar-refractivity contribution in [3.63, 3.8) is 0 Å². The van der Waals surface area contributed by atoms with E-state index in [-0.39, 0.29) is 0 Å². The summed E-state index contributed by atoms with van der Waals surface area (Å²) < 4.78 is 5.09. The van der Waals surface area contributed by atoms with Gasteiger partial charge in [0.1, 0.15) is 0 Å². The van der Waals surface area contributed by atoms with Gasteiger partial charge in [-0.25, -0.2) is 0 Å². The molecule has 0 bridgehead atoms. The molecule has 0 aliphatic rings. The second-order valence-corrected chi connectivity index (χ2v) is 15.6. The Morgan fingerprint density at radius 2 is 0.741 bits per heavy atom. The van der Waals surface area contributed by atoms with Gasteiger partial charge in [0.25, 0.3) is 0 Å². The van der Waals surface area contributed by atoms with Crippen LogP contribution in [-0.4, -0.2) is 4.57 Å². The third-order valence-corrected chi connectivity index (χ3v) is 12.4. The number of hydrogen-bond acceptors (Lipinski definition) is 3. The monoisotopic (exact) mass is 759 g/mol. The van der Waals surface area contributed by atoms with Crippen molar-refractivity contribution in [2.24, 2.45) is 0 Å². The highest BCUT2D eigenvalue weighted by Crippen LogP contribution is 2.44. The standard InChI is InChI=1S/C54H37N3S/c1-4-14-38(15-5-1)39-24-26-42(27-25-39)56(44-30-28-43(29-31-44)55(40-16-6-2-7-17-40)41-18-8-3-9-19-41)45-32-34-46(35-33-45)57-51-22-12-10-20-47(51)49-36-37-50-48-21-11-13-23-52(48)58-54(50)53(49)57/h1-37H. The Morgan fingerprint density at radius 1 is 0.310 bits per heavy atom. The summed E-state index contributed by atoms with van der Waals surface area (Å²) in [4.78, 5) is 4.66. The Bertz CT molecular complexity index is 3150. The number of hydrogen-bond donors (Lipinski definition) is 0. The maximum absolute atomic E-state index is 2.46. The summed E-state index contributed by atoms with van der Waals surface area (Å²) in [6, 6.07) is 80.8. The molecule has 3 nitrogen and oxygen atoms in total. The van der Waals surface area contributed by atoms with E-state index in [1.54, 1.807) is 0 Å². The summed E-state index contributed by atoms with van der Waals surface area (Å²) in [7, 11) is 0. The van der Waals surface area contributed by atoms with E-state index in [2.05, 4.69) is 239 Å². The van der Waals surface area contributed by atoms with E-state index in [0.29, 0.717) is 0 Å². The Labute approximate surface area is 341 Å². The average molecular weight is 760 g/mol. The minimum absolute atomic E-state index is 1.08. The molecule has 0 spiro atoms. The number of nitrogens with zero attached hydrogens (tertiary/aromatic N) is 3. The molecule has 11 aromatic rings. The lowest BCUT2D eigenvalue weighted by Crippen LogP contribution is -2.12. The van der Waals surface area contributed by atoms with E-state index in [1.807, 2.05) is 11.3 Å². The third-order valence-electron chi connectivity index (χ3n) is 11.2. The van der Waals surface area contributed by atoms with Crippen molar-refractivity contribution in [2.45, 2.75) is 0 Å². The summed E-state index contributed by atoms with van der Waals surface area (Å²) in [6.07, 6.45) is 0. The van der Waals surface area contributed by atoms with Crippen LogP contribution in [-0.2, 0) is 0 Å². The second kappa shape index (κ2) is 14.3. The lowest BCUT2D eigenvalue weighted by Gasteiger charge is -2.28. The second-order valence-electron chi connectivity index (χ2n) is 14.6. The molecule has 0 unspecified atom stereocenters. The summed E-state index contributed by atoms with van der Waals surface area (Å²) in [5.41, 5.74) is 12.6. The summed E-state index contributed by atoms with van der Waals surface area (Å²) in [5, 5.41) is 5.16. The van der Waals surface area contributed by atoms with Crippen molar-refractivity contribution in [3.05, 3.63) is 224 Å². The lowest BCUT2D eigenvalue weighted by atomic mass is 10.0. The highest BCUT2D eigenvalue weighted by atomic mass is 32.1. The predicted octanol–water partition coefficient (Wildman–Crippen LogP) is 15.8. The van der Waals surface area contributed by atoms with Crippen LogP contribution in [0.1, 0.15) is 0 Å². The van der Waals surface area contributed by atoms with Crippen molar-refractivity contribution in [2.75, 3.05) is 9.80 Å². The van der Waals surface area contributed by atoms with Gasteiger partial charge in [0.2, 0.25) is 0 Å². The first kappa shape index (κ1) is 33.9. The van der Waals surface area contributed by atoms with Crippen LogP contribution in [0.5, 0.6) is 0 Å². The molecule has 9 aromatic carbocycles. The number of thiophene rings is 1. The fourth-order valence-electron chi connectivity index (χ4n) is 8.48. The Morgan fingerprint density at radius 3 is 1.34 bits per heavy atom. The van der Waals surface area contributed by atoms with Crippen LogP contribution >= 0.6 is 11.3 Å². The topological polar surface area (TPSA) is 11.4 Å². The van der Waals surface area contributed by atoms with Gasteiger partial charge < -0.3 is 14.4 Å². The molecule has 0 aliphatic carbocycles. The Kier molecular flexibility index (Phi) is 8.34. The van der Waals surface area contributed by atoms with Gasteiger partial charge in [0.15, 0.2) is 0 Å². The fraction of sp³-hybridized carbons (Fsp3) is 0. The molecule has 0 amide bonds. The fourth-order valence-corrected chi connectivity index (χ4v) is 9.72. The van der Waals surface area contributed by atoms with E-state index in [1.165, 1.54) is 53.1 Å². The van der Waals surface area contributed by atoms with Crippen LogP contribution in [0.2, 0.25) is 0 Å². The molecule has 0 aliphatic heterocycles. The van der Waals surface area contributed by atoms with Crippen LogP contribution in [0.4, 0.5) is 34.1 Å². The SMILES string of the molecule is c1ccc(-c2ccc(N(c3ccc(N(c4ccccc4)c4ccccc4)cc3)c3ccc(-n4c5ccccc5c5ccc6c7ccccc7sc6c54)cc3)cc2)cc1. The molecule has 58 heavy (non-hydrogen) atoms. The van der Waals surface area contributed by atoms with E-state index < -0.39 is 0 Å². The first-order valence-electron chi connectivity index (χ1n) is 19.7. The number of fused-ring (bicyclic) bond motifs is 7. The van der Waals surface area contributed by atoms with Crippen LogP contribution in [0.15, 0.2) is 224 Å². The normalized spacial score (nSPS) is 11.4. The zero-order chi connectivity index (χ0) is 38.4. The van der Waals surface area contributed by atoms with Gasteiger partial charge in [0.05, 0.1) is 15.7 Å². The molecule has 0 N–H and O–H groups in total. The van der Waals surface area contributed by atoms with Gasteiger partial charge in [-0.3, -0.25) is 0 Å². The third kappa shape index (κ3) is 5.82. The molecular formula is C54H37N3S. The van der Waals surface area contributed by atoms with Crippen LogP contribution in [0, 0.1) is 0 Å². The Balaban J connectivity index is 1.04. The van der Waals surface area contributed by atoms with Gasteiger partial charge in [0, 0.05) is 66.1 Å². The van der Waals surface area contributed by atoms with Gasteiger partial charge in [-0.2, -0.15) is 0 Å². The van der Waals surface area contributed by atoms with Gasteiger partial charge >= 0.3 is 0 Å². The first-order chi connectivity index (χ1) is 28.8. The van der Waals surface area contributed by atoms with E-state index in [4.69, 9.17) is 0 Å². The van der Waals surface area contributed by atoms with Crippen molar-refractivity contribution >= 4 is 87.4 Å². The Hall–Kier alpha value is -7.40. The summed E-state index contributed by atoms with van der Waals surface area (Å²) in [5.74, 6) is 0. The minimum Gasteiger partial charge on any atom is -0.311 e. The number of para-hydroxylation sites is 3. The van der Waals surface area contributed by atoms with Crippen LogP contribution in [0.3, 0.4) is 0 Å². The zero-order valence-electron chi connectivity index (χ0n) is 31.6. The maximum atomic E-state index is 2.46. The quantitative estimate of drug-likeness (QED) is 0.153. The number of anilines is 6. The van der Waals surface area contributed by atoms with Gasteiger partial charge in [-0.05, 0) is 108 Å². The summed E-state index contributed by atoms with van der Waals surface area (Å²) in [6.45, 7) is 0. The molecule has 2 aromatic heterocycles. The minimum atomic E-state index is 1.08. The molecule has 0 fully saturated rings. The zero-order valence-corrected chi connectivity index (χ0v) is 32.4. The predicted molar refractivity (Wildman–Crippen MR) is 248 cm³/mol. The highest BCUT2D eigenvalue weighted by Gasteiger charge is 2.20. The van der Waals surface area contributed by atoms with Crippen LogP contribution in [0.25, 0.3) is 58.8 Å². The van der Waals surface area contributed by atoms with Crippen molar-refractivity contribution < 1.29 is 0 Å². The van der Waals surface area contributed by atoms with E-state index in [0.717, 1.165) is 39.8 Å². The first-order valence-corrected chi connectivity index (χ1v) is 20.5. The van der Waals surface area contributed by atoms with E-state index in [9.17, 15) is 0 Å². The highest BCUT2D eigenvalue weighted by molar-refractivity contribution is 7.26. The number of benzene rings is 9. The molecule has 0 saturated carbocycles. The average Bonchev–Trinajstić information content (AvgIpc) is 3.85. The molecule has 274 valence electrons. The molecule has 4 heteroatoms. The van der Waals surface area contributed by atoms with Gasteiger partial charge in [-0.1, -0.05) is 127 Å². The molecule has 11 rings (SSSR count). The molecular weight excluding hydrogens is 723 g/mol. The maximum Gasteiger partial charge on any atom is 0.0719 e. The molecule has 0 saturated heterocycles. The van der Waals surface area contributed by atoms with Crippen molar-refractivity contribution in [1.29, 1.82) is 0 Å². The summed E-state index contributed by atoms with van der Waals surface area (Å²) >= 11 is 1.88. The van der Waals surface area contributed by atoms with Crippen molar-refractivity contribution in [1.82, 2.24) is 4.57 Å².